The Morgan fingerprint density at radius 1 is 1.87 bits per heavy atom. The first kappa shape index (κ1) is 11.8. The van der Waals surface area contributed by atoms with Crippen LogP contribution in [0.15, 0.2) is 6.20 Å². The van der Waals surface area contributed by atoms with Crippen LogP contribution >= 0.6 is 11.6 Å². The fourth-order valence-electron chi connectivity index (χ4n) is 1.24. The highest BCUT2D eigenvalue weighted by Gasteiger charge is 2.22. The van der Waals surface area contributed by atoms with Crippen LogP contribution in [0.2, 0.25) is 5.02 Å². The van der Waals surface area contributed by atoms with Gasteiger partial charge in [0.15, 0.2) is 5.78 Å². The number of halogens is 1. The molecule has 5 heteroatoms. The first-order valence-electron chi connectivity index (χ1n) is 4.56. The molecule has 0 radical (unpaired) electrons. The fourth-order valence-corrected chi connectivity index (χ4v) is 1.48. The fraction of sp³-hybridized carbons (Fsp3) is 0.400. The number of terminal acetylenes is 1. The number of Topliss-reactive ketones (excluding diaryl/α,β-unsaturated/α-hetero) is 1. The van der Waals surface area contributed by atoms with Crippen molar-refractivity contribution in [3.63, 3.8) is 0 Å². The summed E-state index contributed by atoms with van der Waals surface area (Å²) in [4.78, 5) is 11.8. The molecule has 1 unspecified atom stereocenters. The Hall–Kier alpha value is -1.31. The summed E-state index contributed by atoms with van der Waals surface area (Å²) in [6.07, 6.45) is 6.72. The van der Waals surface area contributed by atoms with Gasteiger partial charge in [0.25, 0.3) is 0 Å². The molecule has 0 spiro atoms. The molecule has 0 fully saturated rings. The Labute approximate surface area is 93.4 Å². The van der Waals surface area contributed by atoms with E-state index in [0.717, 1.165) is 0 Å². The first-order valence-corrected chi connectivity index (χ1v) is 4.94. The van der Waals surface area contributed by atoms with Crippen LogP contribution in [0.25, 0.3) is 0 Å². The third kappa shape index (κ3) is 2.38. The molecule has 0 saturated carbocycles. The Kier molecular flexibility index (Phi) is 3.89. The number of nitrogens with two attached hydrogens (primary N) is 1. The normalized spacial score (nSPS) is 12.1. The molecule has 4 nitrogen and oxygen atoms in total. The van der Waals surface area contributed by atoms with Gasteiger partial charge in [0.2, 0.25) is 0 Å². The van der Waals surface area contributed by atoms with Crippen LogP contribution < -0.4 is 5.73 Å². The van der Waals surface area contributed by atoms with Crippen molar-refractivity contribution >= 4 is 17.4 Å². The second kappa shape index (κ2) is 4.96. The number of hydrogen-bond donors (Lipinski definition) is 1. The summed E-state index contributed by atoms with van der Waals surface area (Å²) < 4.78 is 1.51. The van der Waals surface area contributed by atoms with Gasteiger partial charge in [-0.1, -0.05) is 11.6 Å². The minimum absolute atomic E-state index is 0.198. The summed E-state index contributed by atoms with van der Waals surface area (Å²) in [7, 11) is 0. The predicted molar refractivity (Wildman–Crippen MR) is 58.7 cm³/mol. The van der Waals surface area contributed by atoms with E-state index in [1.54, 1.807) is 0 Å². The van der Waals surface area contributed by atoms with Crippen LogP contribution in [0.1, 0.15) is 23.8 Å². The molecular weight excluding hydrogens is 214 g/mol. The van der Waals surface area contributed by atoms with Crippen molar-refractivity contribution in [1.82, 2.24) is 9.78 Å². The number of rotatable bonds is 4. The molecule has 1 rings (SSSR count). The van der Waals surface area contributed by atoms with E-state index in [2.05, 4.69) is 11.0 Å². The second-order valence-corrected chi connectivity index (χ2v) is 3.44. The van der Waals surface area contributed by atoms with Gasteiger partial charge in [0.1, 0.15) is 5.69 Å². The van der Waals surface area contributed by atoms with Crippen molar-refractivity contribution in [2.75, 3.05) is 0 Å². The molecule has 0 aliphatic carbocycles. The average molecular weight is 226 g/mol. The zero-order valence-corrected chi connectivity index (χ0v) is 9.16. The molecule has 15 heavy (non-hydrogen) atoms. The van der Waals surface area contributed by atoms with E-state index in [-0.39, 0.29) is 12.2 Å². The molecule has 0 aliphatic heterocycles. The average Bonchev–Trinajstić information content (AvgIpc) is 2.58. The van der Waals surface area contributed by atoms with Crippen molar-refractivity contribution in [3.05, 3.63) is 16.9 Å². The molecule has 1 atom stereocenters. The lowest BCUT2D eigenvalue weighted by Gasteiger charge is -2.08. The Morgan fingerprint density at radius 3 is 3.07 bits per heavy atom. The molecule has 0 bridgehead atoms. The maximum Gasteiger partial charge on any atom is 0.199 e. The standard InChI is InChI=1S/C10H12ClN3O/c1-3-5-8(12)10(15)9-7(11)6-13-14(9)4-2/h1,6,8H,4-5,12H2,2H3. The maximum absolute atomic E-state index is 11.8. The zero-order valence-electron chi connectivity index (χ0n) is 8.40. The molecule has 0 aromatic carbocycles. The molecule has 80 valence electrons. The number of carbonyl (C=O) groups excluding carboxylic acids is 1. The van der Waals surface area contributed by atoms with E-state index in [0.29, 0.717) is 17.3 Å². The van der Waals surface area contributed by atoms with Crippen molar-refractivity contribution in [1.29, 1.82) is 0 Å². The van der Waals surface area contributed by atoms with Crippen molar-refractivity contribution in [3.8, 4) is 12.3 Å². The number of aryl methyl sites for hydroxylation is 1. The number of hydrogen-bond acceptors (Lipinski definition) is 3. The highest BCUT2D eigenvalue weighted by molar-refractivity contribution is 6.33. The maximum atomic E-state index is 11.8. The molecule has 1 aromatic heterocycles. The molecule has 1 heterocycles. The summed E-state index contributed by atoms with van der Waals surface area (Å²) in [5, 5.41) is 4.27. The third-order valence-electron chi connectivity index (χ3n) is 2.00. The van der Waals surface area contributed by atoms with Crippen molar-refractivity contribution < 1.29 is 4.79 Å². The summed E-state index contributed by atoms with van der Waals surface area (Å²) in [5.74, 6) is 2.08. The lowest BCUT2D eigenvalue weighted by atomic mass is 10.1. The van der Waals surface area contributed by atoms with Gasteiger partial charge in [0.05, 0.1) is 17.3 Å². The SMILES string of the molecule is C#CCC(N)C(=O)c1c(Cl)cnn1CC. The molecule has 2 N–H and O–H groups in total. The number of nitrogens with zero attached hydrogens (tertiary/aromatic N) is 2. The van der Waals surface area contributed by atoms with Gasteiger partial charge in [-0.2, -0.15) is 5.10 Å². The van der Waals surface area contributed by atoms with Gasteiger partial charge in [0, 0.05) is 13.0 Å². The lowest BCUT2D eigenvalue weighted by Crippen LogP contribution is -2.32. The summed E-state index contributed by atoms with van der Waals surface area (Å²) in [6, 6.07) is -0.713. The van der Waals surface area contributed by atoms with E-state index >= 15 is 0 Å². The number of carbonyl (C=O) groups is 1. The summed E-state index contributed by atoms with van der Waals surface area (Å²) >= 11 is 5.85. The van der Waals surface area contributed by atoms with Crippen molar-refractivity contribution in [2.24, 2.45) is 5.73 Å². The van der Waals surface area contributed by atoms with Crippen LogP contribution in [0.3, 0.4) is 0 Å². The lowest BCUT2D eigenvalue weighted by molar-refractivity contribution is 0.0952. The number of ketones is 1. The van der Waals surface area contributed by atoms with Crippen LogP contribution in [0, 0.1) is 12.3 Å². The highest BCUT2D eigenvalue weighted by Crippen LogP contribution is 2.17. The van der Waals surface area contributed by atoms with Gasteiger partial charge in [-0.3, -0.25) is 9.48 Å². The minimum atomic E-state index is -0.713. The molecule has 0 saturated heterocycles. The molecule has 1 aromatic rings. The quantitative estimate of drug-likeness (QED) is 0.617. The van der Waals surface area contributed by atoms with Gasteiger partial charge in [-0.05, 0) is 6.92 Å². The summed E-state index contributed by atoms with van der Waals surface area (Å²) in [5.41, 5.74) is 5.95. The van der Waals surface area contributed by atoms with Gasteiger partial charge >= 0.3 is 0 Å². The number of aromatic nitrogens is 2. The van der Waals surface area contributed by atoms with Gasteiger partial charge < -0.3 is 5.73 Å². The highest BCUT2D eigenvalue weighted by atomic mass is 35.5. The second-order valence-electron chi connectivity index (χ2n) is 3.04. The zero-order chi connectivity index (χ0) is 11.4. The van der Waals surface area contributed by atoms with Crippen LogP contribution in [-0.2, 0) is 6.54 Å². The van der Waals surface area contributed by atoms with Crippen LogP contribution in [0.5, 0.6) is 0 Å². The van der Waals surface area contributed by atoms with E-state index in [1.807, 2.05) is 6.92 Å². The van der Waals surface area contributed by atoms with Gasteiger partial charge in [-0.25, -0.2) is 0 Å². The van der Waals surface area contributed by atoms with Crippen molar-refractivity contribution in [2.45, 2.75) is 25.9 Å². The van der Waals surface area contributed by atoms with E-state index in [4.69, 9.17) is 23.8 Å². The van der Waals surface area contributed by atoms with Crippen LogP contribution in [0.4, 0.5) is 0 Å². The minimum Gasteiger partial charge on any atom is -0.320 e. The molecule has 0 amide bonds. The van der Waals surface area contributed by atoms with Gasteiger partial charge in [-0.15, -0.1) is 12.3 Å². The molecule has 0 aliphatic rings. The Bertz CT molecular complexity index is 405. The summed E-state index contributed by atoms with van der Waals surface area (Å²) in [6.45, 7) is 2.43. The monoisotopic (exact) mass is 225 g/mol. The molecular formula is C10H12ClN3O. The Morgan fingerprint density at radius 2 is 2.53 bits per heavy atom. The topological polar surface area (TPSA) is 60.9 Å². The van der Waals surface area contributed by atoms with Crippen LogP contribution in [-0.4, -0.2) is 21.6 Å². The van der Waals surface area contributed by atoms with E-state index < -0.39 is 6.04 Å². The predicted octanol–water partition coefficient (Wildman–Crippen LogP) is 1.09. The first-order chi connectivity index (χ1) is 7.11. The van der Waals surface area contributed by atoms with E-state index in [9.17, 15) is 4.79 Å². The largest absolute Gasteiger partial charge is 0.320 e. The van der Waals surface area contributed by atoms with E-state index in [1.165, 1.54) is 10.9 Å². The smallest absolute Gasteiger partial charge is 0.199 e. The Balaban J connectivity index is 3.00. The third-order valence-corrected chi connectivity index (χ3v) is 2.28.